The number of carbonyl (C=O) groups is 1. The van der Waals surface area contributed by atoms with Gasteiger partial charge in [-0.25, -0.2) is 4.79 Å². The van der Waals surface area contributed by atoms with Crippen LogP contribution in [0.2, 0.25) is 0 Å². The quantitative estimate of drug-likeness (QED) is 0.587. The van der Waals surface area contributed by atoms with E-state index in [0.29, 0.717) is 5.69 Å². The summed E-state index contributed by atoms with van der Waals surface area (Å²) in [4.78, 5) is 23.0. The highest BCUT2D eigenvalue weighted by molar-refractivity contribution is 5.68. The molecule has 0 heterocycles. The van der Waals surface area contributed by atoms with Crippen molar-refractivity contribution in [2.75, 3.05) is 5.32 Å². The summed E-state index contributed by atoms with van der Waals surface area (Å²) in [5, 5.41) is 17.4. The Kier molecular flexibility index (Phi) is 6.25. The number of benzene rings is 2. The molecular weight excluding hydrogens is 346 g/mol. The van der Waals surface area contributed by atoms with Gasteiger partial charge in [-0.15, -0.1) is 0 Å². The molecule has 2 atom stereocenters. The summed E-state index contributed by atoms with van der Waals surface area (Å²) in [6.07, 6.45) is 3.17. The fourth-order valence-electron chi connectivity index (χ4n) is 3.35. The van der Waals surface area contributed by atoms with E-state index in [0.717, 1.165) is 31.2 Å². The van der Waals surface area contributed by atoms with Gasteiger partial charge in [0, 0.05) is 12.1 Å². The van der Waals surface area contributed by atoms with Crippen molar-refractivity contribution in [3.05, 3.63) is 70.3 Å². The normalized spacial score (nSPS) is 19.1. The first-order valence-electron chi connectivity index (χ1n) is 9.10. The molecule has 3 rings (SSSR count). The monoisotopic (exact) mass is 369 g/mol. The molecule has 7 nitrogen and oxygen atoms in total. The first-order valence-corrected chi connectivity index (χ1v) is 9.10. The predicted molar refractivity (Wildman–Crippen MR) is 103 cm³/mol. The van der Waals surface area contributed by atoms with E-state index in [1.54, 1.807) is 18.2 Å². The van der Waals surface area contributed by atoms with E-state index in [9.17, 15) is 14.9 Å². The zero-order valence-corrected chi connectivity index (χ0v) is 15.0. The van der Waals surface area contributed by atoms with E-state index in [1.165, 1.54) is 6.07 Å². The van der Waals surface area contributed by atoms with Gasteiger partial charge in [-0.2, -0.15) is 0 Å². The third-order valence-corrected chi connectivity index (χ3v) is 4.72. The zero-order chi connectivity index (χ0) is 19.1. The first-order chi connectivity index (χ1) is 13.1. The minimum atomic E-state index is -0.472. The summed E-state index contributed by atoms with van der Waals surface area (Å²) in [7, 11) is 0. The molecule has 1 amide bonds. The number of carbonyl (C=O) groups excluding carboxylic acids is 1. The van der Waals surface area contributed by atoms with Crippen LogP contribution in [0.1, 0.15) is 31.2 Å². The molecule has 0 unspecified atom stereocenters. The summed E-state index contributed by atoms with van der Waals surface area (Å²) >= 11 is 0. The van der Waals surface area contributed by atoms with Crippen molar-refractivity contribution in [1.82, 2.24) is 5.32 Å². The average molecular weight is 369 g/mol. The first kappa shape index (κ1) is 18.7. The molecule has 0 radical (unpaired) electrons. The van der Waals surface area contributed by atoms with Crippen LogP contribution in [-0.2, 0) is 11.3 Å². The Morgan fingerprint density at radius 1 is 1.04 bits per heavy atom. The highest BCUT2D eigenvalue weighted by Crippen LogP contribution is 2.28. The molecule has 1 aliphatic rings. The molecule has 2 aromatic carbocycles. The van der Waals surface area contributed by atoms with Crippen LogP contribution in [0.25, 0.3) is 0 Å². The Labute approximate surface area is 157 Å². The summed E-state index contributed by atoms with van der Waals surface area (Å²) in [5.41, 5.74) is 1.43. The van der Waals surface area contributed by atoms with E-state index in [4.69, 9.17) is 4.74 Å². The van der Waals surface area contributed by atoms with Crippen LogP contribution in [0.15, 0.2) is 54.6 Å². The maximum absolute atomic E-state index is 12.2. The Morgan fingerprint density at radius 3 is 2.44 bits per heavy atom. The number of para-hydroxylation sites is 2. The molecule has 2 aromatic rings. The molecule has 0 aliphatic heterocycles. The molecule has 0 spiro atoms. The van der Waals surface area contributed by atoms with Gasteiger partial charge in [-0.3, -0.25) is 10.1 Å². The molecule has 27 heavy (non-hydrogen) atoms. The van der Waals surface area contributed by atoms with E-state index >= 15 is 0 Å². The standard InChI is InChI=1S/C20H23N3O4/c24-20(27-14-15-8-2-1-3-9-15)22-17-11-5-4-10-16(17)21-18-12-6-7-13-19(18)23(25)26/h1-3,6-9,12-13,16-17,21H,4-5,10-11,14H2,(H,22,24)/t16-,17-/m1/s1. The Morgan fingerprint density at radius 2 is 1.70 bits per heavy atom. The summed E-state index contributed by atoms with van der Waals surface area (Å²) in [6, 6.07) is 15.8. The minimum Gasteiger partial charge on any atom is -0.445 e. The molecule has 1 aliphatic carbocycles. The Bertz CT molecular complexity index is 782. The van der Waals surface area contributed by atoms with E-state index < -0.39 is 11.0 Å². The third-order valence-electron chi connectivity index (χ3n) is 4.72. The van der Waals surface area contributed by atoms with E-state index in [-0.39, 0.29) is 24.4 Å². The number of amides is 1. The third kappa shape index (κ3) is 5.20. The number of nitrogens with zero attached hydrogens (tertiary/aromatic N) is 1. The highest BCUT2D eigenvalue weighted by Gasteiger charge is 2.28. The molecule has 7 heteroatoms. The van der Waals surface area contributed by atoms with Crippen LogP contribution in [0, 0.1) is 10.1 Å². The number of nitro groups is 1. The van der Waals surface area contributed by atoms with Gasteiger partial charge in [-0.1, -0.05) is 55.3 Å². The van der Waals surface area contributed by atoms with Crippen molar-refractivity contribution in [1.29, 1.82) is 0 Å². The molecule has 2 N–H and O–H groups in total. The fraction of sp³-hybridized carbons (Fsp3) is 0.350. The predicted octanol–water partition coefficient (Wildman–Crippen LogP) is 4.24. The second-order valence-corrected chi connectivity index (χ2v) is 6.62. The van der Waals surface area contributed by atoms with Crippen molar-refractivity contribution in [2.24, 2.45) is 0 Å². The molecule has 0 saturated heterocycles. The summed E-state index contributed by atoms with van der Waals surface area (Å²) in [5.74, 6) is 0. The topological polar surface area (TPSA) is 93.5 Å². The molecule has 1 fully saturated rings. The SMILES string of the molecule is O=C(N[C@@H]1CCCC[C@H]1Nc1ccccc1[N+](=O)[O-])OCc1ccccc1. The number of nitrogens with one attached hydrogen (secondary N) is 2. The van der Waals surface area contributed by atoms with Crippen LogP contribution >= 0.6 is 0 Å². The number of alkyl carbamates (subject to hydrolysis) is 1. The summed E-state index contributed by atoms with van der Waals surface area (Å²) in [6.45, 7) is 0.210. The number of rotatable bonds is 6. The lowest BCUT2D eigenvalue weighted by atomic mass is 9.90. The molecule has 0 bridgehead atoms. The molecular formula is C20H23N3O4. The lowest BCUT2D eigenvalue weighted by molar-refractivity contribution is -0.384. The number of hydrogen-bond donors (Lipinski definition) is 2. The maximum Gasteiger partial charge on any atom is 0.407 e. The van der Waals surface area contributed by atoms with Gasteiger partial charge in [0.05, 0.1) is 11.0 Å². The van der Waals surface area contributed by atoms with Gasteiger partial charge in [0.1, 0.15) is 12.3 Å². The largest absolute Gasteiger partial charge is 0.445 e. The van der Waals surface area contributed by atoms with Crippen molar-refractivity contribution in [3.8, 4) is 0 Å². The average Bonchev–Trinajstić information content (AvgIpc) is 2.69. The van der Waals surface area contributed by atoms with Crippen LogP contribution in [-0.4, -0.2) is 23.1 Å². The second kappa shape index (κ2) is 9.02. The van der Waals surface area contributed by atoms with Crippen molar-refractivity contribution >= 4 is 17.5 Å². The molecule has 142 valence electrons. The van der Waals surface area contributed by atoms with Crippen LogP contribution in [0.4, 0.5) is 16.2 Å². The van der Waals surface area contributed by atoms with Crippen LogP contribution < -0.4 is 10.6 Å². The number of ether oxygens (including phenoxy) is 1. The molecule has 0 aromatic heterocycles. The van der Waals surface area contributed by atoms with Crippen LogP contribution in [0.5, 0.6) is 0 Å². The Hall–Kier alpha value is -3.09. The minimum absolute atomic E-state index is 0.0356. The van der Waals surface area contributed by atoms with Crippen LogP contribution in [0.3, 0.4) is 0 Å². The number of nitro benzene ring substituents is 1. The second-order valence-electron chi connectivity index (χ2n) is 6.62. The van der Waals surface area contributed by atoms with E-state index in [1.807, 2.05) is 30.3 Å². The maximum atomic E-state index is 12.2. The fourth-order valence-corrected chi connectivity index (χ4v) is 3.35. The van der Waals surface area contributed by atoms with Gasteiger partial charge in [0.15, 0.2) is 0 Å². The Balaban J connectivity index is 1.60. The van der Waals surface area contributed by atoms with Gasteiger partial charge < -0.3 is 15.4 Å². The highest BCUT2D eigenvalue weighted by atomic mass is 16.6. The smallest absolute Gasteiger partial charge is 0.407 e. The van der Waals surface area contributed by atoms with Gasteiger partial charge >= 0.3 is 6.09 Å². The van der Waals surface area contributed by atoms with Crippen molar-refractivity contribution < 1.29 is 14.5 Å². The number of anilines is 1. The van der Waals surface area contributed by atoms with Gasteiger partial charge in [0.25, 0.3) is 5.69 Å². The summed E-state index contributed by atoms with van der Waals surface area (Å²) < 4.78 is 5.31. The molecule has 1 saturated carbocycles. The van der Waals surface area contributed by atoms with Crippen molar-refractivity contribution in [2.45, 2.75) is 44.4 Å². The number of hydrogen-bond acceptors (Lipinski definition) is 5. The zero-order valence-electron chi connectivity index (χ0n) is 15.0. The van der Waals surface area contributed by atoms with Crippen molar-refractivity contribution in [3.63, 3.8) is 0 Å². The van der Waals surface area contributed by atoms with Gasteiger partial charge in [-0.05, 0) is 24.5 Å². The van der Waals surface area contributed by atoms with Gasteiger partial charge in [0.2, 0.25) is 0 Å². The lowest BCUT2D eigenvalue weighted by Gasteiger charge is -2.33. The lowest BCUT2D eigenvalue weighted by Crippen LogP contribution is -2.48. The van der Waals surface area contributed by atoms with E-state index in [2.05, 4.69) is 10.6 Å².